The van der Waals surface area contributed by atoms with Crippen molar-refractivity contribution in [1.82, 2.24) is 24.3 Å². The van der Waals surface area contributed by atoms with Gasteiger partial charge < -0.3 is 0 Å². The third-order valence-corrected chi connectivity index (χ3v) is 6.43. The highest BCUT2D eigenvalue weighted by Crippen LogP contribution is 2.36. The highest BCUT2D eigenvalue weighted by atomic mass is 32.2. The van der Waals surface area contributed by atoms with Gasteiger partial charge in [0.2, 0.25) is 4.77 Å². The molecule has 0 saturated carbocycles. The Morgan fingerprint density at radius 1 is 1.23 bits per heavy atom. The Bertz CT molecular complexity index is 1300. The van der Waals surface area contributed by atoms with Gasteiger partial charge >= 0.3 is 0 Å². The minimum absolute atomic E-state index is 0.269. The molecular weight excluding hydrogens is 390 g/mol. The first-order valence-corrected chi connectivity index (χ1v) is 10.7. The van der Waals surface area contributed by atoms with Crippen LogP contribution in [-0.2, 0) is 16.9 Å². The number of aromatic nitrogens is 5. The highest BCUT2D eigenvalue weighted by molar-refractivity contribution is 7.90. The maximum absolute atomic E-state index is 11.9. The van der Waals surface area contributed by atoms with Gasteiger partial charge in [-0.25, -0.2) is 23.1 Å². The molecule has 7 nitrogen and oxygen atoms in total. The van der Waals surface area contributed by atoms with Crippen LogP contribution in [-0.4, -0.2) is 39.0 Å². The number of hydrogen-bond acceptors (Lipinski definition) is 7. The Labute approximate surface area is 158 Å². The van der Waals surface area contributed by atoms with E-state index in [1.54, 1.807) is 40.8 Å². The molecule has 0 aliphatic carbocycles. The molecule has 0 radical (unpaired) electrons. The van der Waals surface area contributed by atoms with Crippen LogP contribution in [0.2, 0.25) is 0 Å². The molecule has 0 aliphatic rings. The zero-order valence-electron chi connectivity index (χ0n) is 13.8. The lowest BCUT2D eigenvalue weighted by Gasteiger charge is -2.07. The number of hydrogen-bond donors (Lipinski definition) is 0. The van der Waals surface area contributed by atoms with Crippen LogP contribution in [0.5, 0.6) is 0 Å². The minimum Gasteiger partial charge on any atom is -0.257 e. The largest absolute Gasteiger partial charge is 0.257 e. The molecule has 0 unspecified atom stereocenters. The van der Waals surface area contributed by atoms with Crippen molar-refractivity contribution in [3.8, 4) is 16.9 Å². The van der Waals surface area contributed by atoms with Crippen molar-refractivity contribution >= 4 is 43.6 Å². The molecule has 4 aromatic rings. The van der Waals surface area contributed by atoms with Gasteiger partial charge in [0.25, 0.3) is 0 Å². The van der Waals surface area contributed by atoms with E-state index in [4.69, 9.17) is 12.2 Å². The summed E-state index contributed by atoms with van der Waals surface area (Å²) in [6, 6.07) is 6.85. The van der Waals surface area contributed by atoms with E-state index in [1.165, 1.54) is 23.9 Å². The Hall–Kier alpha value is -2.43. The van der Waals surface area contributed by atoms with Crippen LogP contribution in [0.25, 0.3) is 27.2 Å². The van der Waals surface area contributed by atoms with E-state index in [-0.39, 0.29) is 4.90 Å². The highest BCUT2D eigenvalue weighted by Gasteiger charge is 2.17. The average molecular weight is 404 g/mol. The summed E-state index contributed by atoms with van der Waals surface area (Å²) in [7, 11) is -1.53. The summed E-state index contributed by atoms with van der Waals surface area (Å²) in [5, 5.41) is 6.93. The van der Waals surface area contributed by atoms with Crippen molar-refractivity contribution < 1.29 is 8.42 Å². The monoisotopic (exact) mass is 403 g/mol. The molecule has 4 rings (SSSR count). The Balaban J connectivity index is 2.02. The zero-order valence-corrected chi connectivity index (χ0v) is 16.3. The van der Waals surface area contributed by atoms with Gasteiger partial charge in [-0.15, -0.1) is 11.3 Å². The van der Waals surface area contributed by atoms with Crippen LogP contribution < -0.4 is 0 Å². The van der Waals surface area contributed by atoms with Crippen molar-refractivity contribution in [2.45, 2.75) is 4.90 Å². The fourth-order valence-electron chi connectivity index (χ4n) is 2.68. The molecule has 3 heterocycles. The molecule has 0 atom stereocenters. The molecule has 0 amide bonds. The number of benzene rings is 1. The Morgan fingerprint density at radius 2 is 2.04 bits per heavy atom. The van der Waals surface area contributed by atoms with Crippen LogP contribution >= 0.6 is 23.6 Å². The molecule has 1 aromatic carbocycles. The van der Waals surface area contributed by atoms with Gasteiger partial charge in [0.1, 0.15) is 17.5 Å². The van der Waals surface area contributed by atoms with Crippen LogP contribution in [0.15, 0.2) is 47.2 Å². The molecule has 0 saturated heterocycles. The van der Waals surface area contributed by atoms with E-state index in [1.807, 2.05) is 11.4 Å². The van der Waals surface area contributed by atoms with Crippen LogP contribution in [0.3, 0.4) is 0 Å². The molecular formula is C16H13N5O2S3. The number of nitrogens with zero attached hydrogens (tertiary/aromatic N) is 5. The summed E-state index contributed by atoms with van der Waals surface area (Å²) in [5.74, 6) is 0.620. The molecule has 0 spiro atoms. The second kappa shape index (κ2) is 6.08. The van der Waals surface area contributed by atoms with Crippen molar-refractivity contribution in [2.75, 3.05) is 6.26 Å². The van der Waals surface area contributed by atoms with Gasteiger partial charge in [0.15, 0.2) is 15.7 Å². The molecule has 0 fully saturated rings. The SMILES string of the molecule is Cn1ncn(-c2ncnc3scc(-c4cccc(S(C)(=O)=O)c4)c23)c1=S. The molecule has 0 aliphatic heterocycles. The number of sulfone groups is 1. The van der Waals surface area contributed by atoms with Gasteiger partial charge in [-0.1, -0.05) is 12.1 Å². The smallest absolute Gasteiger partial charge is 0.203 e. The summed E-state index contributed by atoms with van der Waals surface area (Å²) < 4.78 is 27.6. The maximum atomic E-state index is 11.9. The molecule has 10 heteroatoms. The minimum atomic E-state index is -3.30. The summed E-state index contributed by atoms with van der Waals surface area (Å²) in [5.41, 5.74) is 1.64. The summed E-state index contributed by atoms with van der Waals surface area (Å²) in [6.07, 6.45) is 4.29. The van der Waals surface area contributed by atoms with E-state index in [9.17, 15) is 8.42 Å². The molecule has 132 valence electrons. The summed E-state index contributed by atoms with van der Waals surface area (Å²) in [4.78, 5) is 9.80. The molecule has 0 N–H and O–H groups in total. The van der Waals surface area contributed by atoms with Gasteiger partial charge in [-0.2, -0.15) is 5.10 Å². The van der Waals surface area contributed by atoms with Gasteiger partial charge in [0.05, 0.1) is 10.3 Å². The van der Waals surface area contributed by atoms with E-state index < -0.39 is 9.84 Å². The summed E-state index contributed by atoms with van der Waals surface area (Å²) in [6.45, 7) is 0. The Morgan fingerprint density at radius 3 is 2.73 bits per heavy atom. The second-order valence-corrected chi connectivity index (χ2v) is 8.97. The number of fused-ring (bicyclic) bond motifs is 1. The van der Waals surface area contributed by atoms with E-state index in [2.05, 4.69) is 15.1 Å². The third-order valence-electron chi connectivity index (χ3n) is 3.97. The lowest BCUT2D eigenvalue weighted by atomic mass is 10.1. The van der Waals surface area contributed by atoms with E-state index in [0.29, 0.717) is 10.6 Å². The zero-order chi connectivity index (χ0) is 18.5. The molecule has 3 aromatic heterocycles. The number of thiophene rings is 1. The van der Waals surface area contributed by atoms with Crippen LogP contribution in [0.4, 0.5) is 0 Å². The normalized spacial score (nSPS) is 11.9. The fourth-order valence-corrected chi connectivity index (χ4v) is 4.44. The lowest BCUT2D eigenvalue weighted by molar-refractivity contribution is 0.602. The topological polar surface area (TPSA) is 82.7 Å². The average Bonchev–Trinajstić information content (AvgIpc) is 3.19. The molecule has 0 bridgehead atoms. The Kier molecular flexibility index (Phi) is 3.98. The number of aryl methyl sites for hydroxylation is 1. The van der Waals surface area contributed by atoms with Crippen molar-refractivity contribution in [3.63, 3.8) is 0 Å². The van der Waals surface area contributed by atoms with Crippen molar-refractivity contribution in [3.05, 3.63) is 47.1 Å². The fraction of sp³-hybridized carbons (Fsp3) is 0.125. The maximum Gasteiger partial charge on any atom is 0.203 e. The van der Waals surface area contributed by atoms with Gasteiger partial charge in [0, 0.05) is 24.2 Å². The first-order chi connectivity index (χ1) is 12.4. The van der Waals surface area contributed by atoms with Crippen molar-refractivity contribution in [2.24, 2.45) is 7.05 Å². The van der Waals surface area contributed by atoms with E-state index in [0.717, 1.165) is 21.3 Å². The van der Waals surface area contributed by atoms with Crippen molar-refractivity contribution in [1.29, 1.82) is 0 Å². The molecule has 26 heavy (non-hydrogen) atoms. The third kappa shape index (κ3) is 2.75. The van der Waals surface area contributed by atoms with Crippen LogP contribution in [0, 0.1) is 4.77 Å². The van der Waals surface area contributed by atoms with Crippen LogP contribution in [0.1, 0.15) is 0 Å². The van der Waals surface area contributed by atoms with Gasteiger partial charge in [-0.05, 0) is 29.9 Å². The predicted octanol–water partition coefficient (Wildman–Crippen LogP) is 3.02. The first kappa shape index (κ1) is 17.0. The standard InChI is InChI=1S/C16H13N5O2S3/c1-20-16(24)21(9-19-20)14-13-12(7-25-15(13)18-8-17-14)10-4-3-5-11(6-10)26(2,22)23/h3-9H,1-2H3. The lowest BCUT2D eigenvalue weighted by Crippen LogP contribution is -2.00. The van der Waals surface area contributed by atoms with Gasteiger partial charge in [-0.3, -0.25) is 4.57 Å². The first-order valence-electron chi connectivity index (χ1n) is 7.50. The second-order valence-electron chi connectivity index (χ2n) is 5.73. The number of rotatable bonds is 3. The predicted molar refractivity (Wildman–Crippen MR) is 103 cm³/mol. The van der Waals surface area contributed by atoms with E-state index >= 15 is 0 Å². The summed E-state index contributed by atoms with van der Waals surface area (Å²) >= 11 is 6.87. The quantitative estimate of drug-likeness (QED) is 0.489.